The molecule has 1 unspecified atom stereocenters. The van der Waals surface area contributed by atoms with Gasteiger partial charge in [-0.25, -0.2) is 0 Å². The molecule has 0 amide bonds. The lowest BCUT2D eigenvalue weighted by Gasteiger charge is -2.30. The number of aliphatic carboxylic acids is 1. The molecule has 1 fully saturated rings. The normalized spacial score (nSPS) is 23.6. The van der Waals surface area contributed by atoms with Gasteiger partial charge in [-0.15, -0.1) is 0 Å². The third kappa shape index (κ3) is 3.86. The van der Waals surface area contributed by atoms with Crippen LogP contribution in [0.3, 0.4) is 0 Å². The van der Waals surface area contributed by atoms with Gasteiger partial charge < -0.3 is 14.6 Å². The van der Waals surface area contributed by atoms with Gasteiger partial charge in [0.1, 0.15) is 0 Å². The van der Waals surface area contributed by atoms with E-state index in [9.17, 15) is 4.79 Å². The molecule has 1 heterocycles. The largest absolute Gasteiger partial charge is 0.481 e. The van der Waals surface area contributed by atoms with Crippen molar-refractivity contribution in [1.29, 1.82) is 0 Å². The van der Waals surface area contributed by atoms with Crippen LogP contribution in [0.15, 0.2) is 0 Å². The first-order valence-corrected chi connectivity index (χ1v) is 5.90. The molecule has 0 spiro atoms. The fourth-order valence-corrected chi connectivity index (χ4v) is 2.07. The van der Waals surface area contributed by atoms with Crippen LogP contribution >= 0.6 is 12.0 Å². The average Bonchev–Trinajstić information content (AvgIpc) is 2.19. The highest BCUT2D eigenvalue weighted by Gasteiger charge is 2.24. The third-order valence-electron chi connectivity index (χ3n) is 2.56. The van der Waals surface area contributed by atoms with Gasteiger partial charge in [-0.05, 0) is 44.4 Å². The van der Waals surface area contributed by atoms with Gasteiger partial charge in [-0.1, -0.05) is 0 Å². The number of rotatable bonds is 5. The lowest BCUT2D eigenvalue weighted by molar-refractivity contribution is -0.143. The Morgan fingerprint density at radius 2 is 2.36 bits per heavy atom. The van der Waals surface area contributed by atoms with Crippen LogP contribution in [0.2, 0.25) is 0 Å². The first-order valence-electron chi connectivity index (χ1n) is 4.95. The maximum atomic E-state index is 10.8. The van der Waals surface area contributed by atoms with Crippen molar-refractivity contribution in [2.75, 3.05) is 25.4 Å². The summed E-state index contributed by atoms with van der Waals surface area (Å²) in [5.41, 5.74) is 0. The molecule has 0 bridgehead atoms. The van der Waals surface area contributed by atoms with E-state index in [0.717, 1.165) is 50.1 Å². The standard InChI is InChI=1S/C9H17NO3S/c11-9(12)8-3-1-4-10(7-8)5-2-6-14-13/h8,13H,1-7H2,(H,11,12). The molecular weight excluding hydrogens is 202 g/mol. The Labute approximate surface area is 88.5 Å². The number of carboxylic acids is 1. The highest BCUT2D eigenvalue weighted by atomic mass is 32.2. The van der Waals surface area contributed by atoms with Crippen molar-refractivity contribution in [3.63, 3.8) is 0 Å². The molecule has 0 radical (unpaired) electrons. The minimum absolute atomic E-state index is 0.189. The molecular formula is C9H17NO3S. The lowest BCUT2D eigenvalue weighted by Crippen LogP contribution is -2.39. The van der Waals surface area contributed by atoms with Gasteiger partial charge in [-0.2, -0.15) is 0 Å². The molecule has 0 saturated carbocycles. The molecule has 82 valence electrons. The van der Waals surface area contributed by atoms with Gasteiger partial charge in [-0.3, -0.25) is 4.79 Å². The number of hydrogen-bond donors (Lipinski definition) is 2. The lowest BCUT2D eigenvalue weighted by atomic mass is 9.98. The van der Waals surface area contributed by atoms with Crippen molar-refractivity contribution in [1.82, 2.24) is 4.90 Å². The number of piperidine rings is 1. The van der Waals surface area contributed by atoms with Crippen LogP contribution in [-0.2, 0) is 4.79 Å². The summed E-state index contributed by atoms with van der Waals surface area (Å²) >= 11 is 0.854. The maximum Gasteiger partial charge on any atom is 0.307 e. The molecule has 1 atom stereocenters. The summed E-state index contributed by atoms with van der Waals surface area (Å²) in [5.74, 6) is -0.134. The Bertz CT molecular complexity index is 189. The van der Waals surface area contributed by atoms with E-state index >= 15 is 0 Å². The number of likely N-dealkylation sites (tertiary alicyclic amines) is 1. The van der Waals surface area contributed by atoms with Crippen molar-refractivity contribution < 1.29 is 14.5 Å². The van der Waals surface area contributed by atoms with Crippen LogP contribution in [0, 0.1) is 5.92 Å². The molecule has 1 aliphatic heterocycles. The number of carbonyl (C=O) groups is 1. The van der Waals surface area contributed by atoms with Gasteiger partial charge in [0, 0.05) is 12.3 Å². The summed E-state index contributed by atoms with van der Waals surface area (Å²) in [6.45, 7) is 2.57. The first kappa shape index (κ1) is 11.8. The minimum atomic E-state index is -0.675. The zero-order chi connectivity index (χ0) is 10.4. The zero-order valence-electron chi connectivity index (χ0n) is 8.19. The second-order valence-electron chi connectivity index (χ2n) is 3.66. The van der Waals surface area contributed by atoms with E-state index in [1.165, 1.54) is 0 Å². The van der Waals surface area contributed by atoms with E-state index in [1.54, 1.807) is 0 Å². The Hall–Kier alpha value is -0.260. The molecule has 5 heteroatoms. The van der Waals surface area contributed by atoms with E-state index in [0.29, 0.717) is 6.54 Å². The zero-order valence-corrected chi connectivity index (χ0v) is 9.00. The highest BCUT2D eigenvalue weighted by Crippen LogP contribution is 2.16. The molecule has 1 saturated heterocycles. The molecule has 14 heavy (non-hydrogen) atoms. The topological polar surface area (TPSA) is 60.8 Å². The molecule has 1 aliphatic rings. The Morgan fingerprint density at radius 3 is 3.00 bits per heavy atom. The maximum absolute atomic E-state index is 10.8. The van der Waals surface area contributed by atoms with Gasteiger partial charge in [0.05, 0.1) is 5.92 Å². The van der Waals surface area contributed by atoms with Crippen LogP contribution in [0.1, 0.15) is 19.3 Å². The summed E-state index contributed by atoms with van der Waals surface area (Å²) in [7, 11) is 0. The van der Waals surface area contributed by atoms with E-state index in [1.807, 2.05) is 0 Å². The predicted octanol–water partition coefficient (Wildman–Crippen LogP) is 1.38. The van der Waals surface area contributed by atoms with Gasteiger partial charge in [0.25, 0.3) is 0 Å². The SMILES string of the molecule is O=C(O)C1CCCN(CCCSO)C1. The average molecular weight is 219 g/mol. The predicted molar refractivity (Wildman–Crippen MR) is 56.5 cm³/mol. The summed E-state index contributed by atoms with van der Waals surface area (Å²) in [6, 6.07) is 0. The van der Waals surface area contributed by atoms with Crippen LogP contribution in [0.25, 0.3) is 0 Å². The Balaban J connectivity index is 2.22. The van der Waals surface area contributed by atoms with Crippen LogP contribution in [0.4, 0.5) is 0 Å². The van der Waals surface area contributed by atoms with Gasteiger partial charge in [0.15, 0.2) is 0 Å². The second kappa shape index (κ2) is 6.27. The van der Waals surface area contributed by atoms with Crippen molar-refractivity contribution in [3.8, 4) is 0 Å². The fraction of sp³-hybridized carbons (Fsp3) is 0.889. The summed E-state index contributed by atoms with van der Waals surface area (Å²) < 4.78 is 8.54. The van der Waals surface area contributed by atoms with Crippen molar-refractivity contribution in [3.05, 3.63) is 0 Å². The molecule has 0 aromatic heterocycles. The smallest absolute Gasteiger partial charge is 0.307 e. The minimum Gasteiger partial charge on any atom is -0.481 e. The quantitative estimate of drug-likeness (QED) is 0.540. The summed E-state index contributed by atoms with van der Waals surface area (Å²) in [6.07, 6.45) is 2.71. The summed E-state index contributed by atoms with van der Waals surface area (Å²) in [4.78, 5) is 12.9. The van der Waals surface area contributed by atoms with Crippen LogP contribution in [0.5, 0.6) is 0 Å². The van der Waals surface area contributed by atoms with Crippen molar-refractivity contribution in [2.24, 2.45) is 5.92 Å². The summed E-state index contributed by atoms with van der Waals surface area (Å²) in [5, 5.41) is 8.86. The van der Waals surface area contributed by atoms with Crippen molar-refractivity contribution >= 4 is 18.0 Å². The van der Waals surface area contributed by atoms with Crippen molar-refractivity contribution in [2.45, 2.75) is 19.3 Å². The molecule has 0 aromatic carbocycles. The Kier molecular flexibility index (Phi) is 5.29. The number of nitrogens with zero attached hydrogens (tertiary/aromatic N) is 1. The monoisotopic (exact) mass is 219 g/mol. The van der Waals surface area contributed by atoms with E-state index in [4.69, 9.17) is 9.66 Å². The van der Waals surface area contributed by atoms with Crippen LogP contribution in [-0.4, -0.2) is 45.9 Å². The number of hydrogen-bond acceptors (Lipinski definition) is 4. The first-order chi connectivity index (χ1) is 6.74. The third-order valence-corrected chi connectivity index (χ3v) is 3.04. The molecule has 0 aromatic rings. The van der Waals surface area contributed by atoms with E-state index in [2.05, 4.69) is 4.90 Å². The second-order valence-corrected chi connectivity index (χ2v) is 4.33. The molecule has 4 nitrogen and oxygen atoms in total. The Morgan fingerprint density at radius 1 is 1.57 bits per heavy atom. The van der Waals surface area contributed by atoms with E-state index in [-0.39, 0.29) is 5.92 Å². The molecule has 1 rings (SSSR count). The van der Waals surface area contributed by atoms with Crippen LogP contribution < -0.4 is 0 Å². The van der Waals surface area contributed by atoms with Gasteiger partial charge in [0.2, 0.25) is 0 Å². The van der Waals surface area contributed by atoms with E-state index < -0.39 is 5.97 Å². The highest BCUT2D eigenvalue weighted by molar-refractivity contribution is 7.93. The van der Waals surface area contributed by atoms with Gasteiger partial charge >= 0.3 is 5.97 Å². The molecule has 0 aliphatic carbocycles. The fourth-order valence-electron chi connectivity index (χ4n) is 1.81. The molecule has 2 N–H and O–H groups in total. The number of carboxylic acid groups (broad SMARTS) is 1.